The number of hydrogen-bond donors (Lipinski definition) is 1. The molecular weight excluding hydrogens is 276 g/mol. The van der Waals surface area contributed by atoms with Crippen LogP contribution in [0.1, 0.15) is 51.6 Å². The van der Waals surface area contributed by atoms with Crippen LogP contribution < -0.4 is 5.73 Å². The number of rotatable bonds is 5. The van der Waals surface area contributed by atoms with Gasteiger partial charge in [0.05, 0.1) is 12.1 Å². The summed E-state index contributed by atoms with van der Waals surface area (Å²) < 4.78 is 5.59. The second-order valence-corrected chi connectivity index (χ2v) is 5.83. The van der Waals surface area contributed by atoms with Crippen LogP contribution in [0.15, 0.2) is 42.6 Å². The highest BCUT2D eigenvalue weighted by molar-refractivity contribution is 5.69. The average Bonchev–Trinajstić information content (AvgIpc) is 2.54. The van der Waals surface area contributed by atoms with Crippen LogP contribution in [0.25, 0.3) is 0 Å². The van der Waals surface area contributed by atoms with Gasteiger partial charge in [0.2, 0.25) is 0 Å². The lowest BCUT2D eigenvalue weighted by atomic mass is 9.91. The molecule has 2 rings (SSSR count). The van der Waals surface area contributed by atoms with Crippen molar-refractivity contribution in [2.45, 2.75) is 57.8 Å². The van der Waals surface area contributed by atoms with Crippen molar-refractivity contribution in [1.82, 2.24) is 4.90 Å². The molecule has 1 aliphatic rings. The molecule has 0 bridgehead atoms. The Labute approximate surface area is 132 Å². The van der Waals surface area contributed by atoms with Crippen molar-refractivity contribution >= 4 is 5.97 Å². The van der Waals surface area contributed by atoms with E-state index in [4.69, 9.17) is 10.5 Å². The molecule has 0 saturated heterocycles. The van der Waals surface area contributed by atoms with E-state index in [1.807, 2.05) is 24.3 Å². The van der Waals surface area contributed by atoms with Crippen LogP contribution in [-0.4, -0.2) is 22.6 Å². The molecule has 4 heteroatoms. The minimum atomic E-state index is -0.959. The van der Waals surface area contributed by atoms with Crippen LogP contribution in [0.4, 0.5) is 0 Å². The van der Waals surface area contributed by atoms with E-state index in [0.29, 0.717) is 12.8 Å². The fourth-order valence-electron chi connectivity index (χ4n) is 3.10. The largest absolute Gasteiger partial charge is 0.442 e. The molecule has 1 aromatic rings. The lowest BCUT2D eigenvalue weighted by molar-refractivity contribution is -0.168. The summed E-state index contributed by atoms with van der Waals surface area (Å²) in [5.41, 5.74) is 6.72. The Morgan fingerprint density at radius 2 is 2.09 bits per heavy atom. The Morgan fingerprint density at radius 3 is 2.68 bits per heavy atom. The third kappa shape index (κ3) is 3.33. The summed E-state index contributed by atoms with van der Waals surface area (Å²) in [6.07, 6.45) is 5.78. The van der Waals surface area contributed by atoms with Crippen LogP contribution in [-0.2, 0) is 9.53 Å². The fraction of sp³-hybridized carbons (Fsp3) is 0.500. The number of ether oxygens (including phenoxy) is 1. The highest BCUT2D eigenvalue weighted by atomic mass is 16.6. The quantitative estimate of drug-likeness (QED) is 0.669. The molecule has 1 unspecified atom stereocenters. The Bertz CT molecular complexity index is 529. The van der Waals surface area contributed by atoms with E-state index in [9.17, 15) is 4.79 Å². The molecule has 0 aromatic heterocycles. The van der Waals surface area contributed by atoms with Crippen molar-refractivity contribution in [1.29, 1.82) is 0 Å². The van der Waals surface area contributed by atoms with Crippen LogP contribution >= 0.6 is 0 Å². The van der Waals surface area contributed by atoms with Crippen LogP contribution in [0, 0.1) is 0 Å². The van der Waals surface area contributed by atoms with Gasteiger partial charge in [-0.15, -0.1) is 0 Å². The molecule has 0 spiro atoms. The number of carbonyl (C=O) groups is 1. The molecule has 0 fully saturated rings. The van der Waals surface area contributed by atoms with Gasteiger partial charge in [-0.1, -0.05) is 50.3 Å². The van der Waals surface area contributed by atoms with Crippen molar-refractivity contribution < 1.29 is 9.53 Å². The second-order valence-electron chi connectivity index (χ2n) is 5.83. The smallest absolute Gasteiger partial charge is 0.307 e. The van der Waals surface area contributed by atoms with Gasteiger partial charge in [0.25, 0.3) is 0 Å². The Balaban J connectivity index is 2.26. The third-order valence-corrected chi connectivity index (χ3v) is 4.35. The van der Waals surface area contributed by atoms with Gasteiger partial charge >= 0.3 is 5.97 Å². The fourth-order valence-corrected chi connectivity index (χ4v) is 3.10. The zero-order chi connectivity index (χ0) is 16.2. The van der Waals surface area contributed by atoms with E-state index in [1.165, 1.54) is 5.56 Å². The van der Waals surface area contributed by atoms with Gasteiger partial charge in [-0.05, 0) is 25.1 Å². The van der Waals surface area contributed by atoms with Crippen LogP contribution in [0.3, 0.4) is 0 Å². The van der Waals surface area contributed by atoms with Gasteiger partial charge < -0.3 is 9.64 Å². The minimum absolute atomic E-state index is 0.0387. The van der Waals surface area contributed by atoms with Crippen molar-refractivity contribution in [2.75, 3.05) is 0 Å². The van der Waals surface area contributed by atoms with E-state index >= 15 is 0 Å². The Hall–Kier alpha value is -1.81. The zero-order valence-corrected chi connectivity index (χ0v) is 13.7. The van der Waals surface area contributed by atoms with Gasteiger partial charge in [-0.3, -0.25) is 10.5 Å². The summed E-state index contributed by atoms with van der Waals surface area (Å²) in [5.74, 6) is -0.247. The van der Waals surface area contributed by atoms with Gasteiger partial charge in [-0.2, -0.15) is 0 Å². The van der Waals surface area contributed by atoms with E-state index in [0.717, 1.165) is 6.42 Å². The lowest BCUT2D eigenvalue weighted by Gasteiger charge is -2.47. The summed E-state index contributed by atoms with van der Waals surface area (Å²) in [4.78, 5) is 14.0. The summed E-state index contributed by atoms with van der Waals surface area (Å²) in [6.45, 7) is 6.02. The van der Waals surface area contributed by atoms with E-state index < -0.39 is 5.72 Å². The third-order valence-electron chi connectivity index (χ3n) is 4.35. The highest BCUT2D eigenvalue weighted by Crippen LogP contribution is 2.34. The number of benzene rings is 1. The number of hydrogen-bond acceptors (Lipinski definition) is 4. The summed E-state index contributed by atoms with van der Waals surface area (Å²) in [6, 6.07) is 10.4. The lowest BCUT2D eigenvalue weighted by Crippen LogP contribution is -2.61. The van der Waals surface area contributed by atoms with Crippen molar-refractivity contribution in [2.24, 2.45) is 5.73 Å². The predicted octanol–water partition coefficient (Wildman–Crippen LogP) is 3.35. The summed E-state index contributed by atoms with van der Waals surface area (Å²) in [5, 5.41) is 0. The van der Waals surface area contributed by atoms with Gasteiger partial charge in [0.15, 0.2) is 5.72 Å². The summed E-state index contributed by atoms with van der Waals surface area (Å²) >= 11 is 0. The first kappa shape index (κ1) is 16.6. The van der Waals surface area contributed by atoms with Crippen molar-refractivity contribution in [3.63, 3.8) is 0 Å². The Kier molecular flexibility index (Phi) is 5.24. The molecule has 1 aromatic carbocycles. The second kappa shape index (κ2) is 6.97. The predicted molar refractivity (Wildman–Crippen MR) is 87.8 cm³/mol. The maximum atomic E-state index is 11.7. The first-order valence-electron chi connectivity index (χ1n) is 8.01. The van der Waals surface area contributed by atoms with E-state index in [2.05, 4.69) is 37.1 Å². The average molecular weight is 302 g/mol. The van der Waals surface area contributed by atoms with Gasteiger partial charge in [-0.25, -0.2) is 0 Å². The molecule has 0 saturated carbocycles. The molecule has 1 aliphatic heterocycles. The maximum absolute atomic E-state index is 11.7. The monoisotopic (exact) mass is 302 g/mol. The highest BCUT2D eigenvalue weighted by Gasteiger charge is 2.43. The SMILES string of the molecule is CCC(=O)OC1(N)CC=CN([C@H](C)c2ccccc2)[C@H]1CC. The Morgan fingerprint density at radius 1 is 1.41 bits per heavy atom. The van der Waals surface area contributed by atoms with Crippen molar-refractivity contribution in [3.8, 4) is 0 Å². The van der Waals surface area contributed by atoms with Gasteiger partial charge in [0.1, 0.15) is 0 Å². The molecule has 3 atom stereocenters. The van der Waals surface area contributed by atoms with E-state index in [-0.39, 0.29) is 18.1 Å². The molecule has 0 amide bonds. The molecule has 22 heavy (non-hydrogen) atoms. The minimum Gasteiger partial charge on any atom is -0.442 e. The molecule has 0 aliphatic carbocycles. The number of nitrogens with two attached hydrogens (primary N) is 1. The maximum Gasteiger partial charge on any atom is 0.307 e. The topological polar surface area (TPSA) is 55.6 Å². The summed E-state index contributed by atoms with van der Waals surface area (Å²) in [7, 11) is 0. The zero-order valence-electron chi connectivity index (χ0n) is 13.7. The number of nitrogens with zero attached hydrogens (tertiary/aromatic N) is 1. The van der Waals surface area contributed by atoms with Crippen LogP contribution in [0.5, 0.6) is 0 Å². The molecule has 120 valence electrons. The molecule has 2 N–H and O–H groups in total. The van der Waals surface area contributed by atoms with Gasteiger partial charge in [0, 0.05) is 12.8 Å². The standard InChI is InChI=1S/C18H26N2O2/c1-4-16-18(19,22-17(21)5-2)12-9-13-20(16)14(3)15-10-7-6-8-11-15/h6-11,13-14,16H,4-5,12,19H2,1-3H3/t14-,16+,18?/m1/s1. The first-order chi connectivity index (χ1) is 10.5. The molecule has 4 nitrogen and oxygen atoms in total. The van der Waals surface area contributed by atoms with Crippen molar-refractivity contribution in [3.05, 3.63) is 48.2 Å². The van der Waals surface area contributed by atoms with E-state index in [1.54, 1.807) is 6.92 Å². The first-order valence-corrected chi connectivity index (χ1v) is 8.01. The number of esters is 1. The van der Waals surface area contributed by atoms with Crippen LogP contribution in [0.2, 0.25) is 0 Å². The molecular formula is C18H26N2O2. The normalized spacial score (nSPS) is 25.8. The molecule has 0 radical (unpaired) electrons. The number of carbonyl (C=O) groups excluding carboxylic acids is 1. The molecule has 1 heterocycles.